The lowest BCUT2D eigenvalue weighted by Gasteiger charge is -2.19. The number of benzene rings is 2. The lowest BCUT2D eigenvalue weighted by atomic mass is 9.87. The molecule has 112 valence electrons. The van der Waals surface area contributed by atoms with Crippen LogP contribution in [0.1, 0.15) is 50.4 Å². The van der Waals surface area contributed by atoms with Crippen molar-refractivity contribution in [3.63, 3.8) is 0 Å². The van der Waals surface area contributed by atoms with Crippen molar-refractivity contribution in [2.24, 2.45) is 5.73 Å². The molecule has 0 bridgehead atoms. The van der Waals surface area contributed by atoms with Crippen molar-refractivity contribution in [3.05, 3.63) is 65.2 Å². The van der Waals surface area contributed by atoms with Gasteiger partial charge in [-0.05, 0) is 41.2 Å². The molecule has 0 aliphatic rings. The second-order valence-corrected chi connectivity index (χ2v) is 6.59. The van der Waals surface area contributed by atoms with Gasteiger partial charge in [0.25, 0.3) is 0 Å². The van der Waals surface area contributed by atoms with Crippen molar-refractivity contribution in [2.75, 3.05) is 0 Å². The van der Waals surface area contributed by atoms with Crippen LogP contribution in [0, 0.1) is 0 Å². The molecule has 1 atom stereocenters. The van der Waals surface area contributed by atoms with E-state index in [0.717, 1.165) is 11.3 Å². The Balaban J connectivity index is 1.96. The summed E-state index contributed by atoms with van der Waals surface area (Å²) in [6.07, 6.45) is 0. The van der Waals surface area contributed by atoms with Gasteiger partial charge in [0.1, 0.15) is 12.4 Å². The zero-order valence-corrected chi connectivity index (χ0v) is 13.4. The van der Waals surface area contributed by atoms with Gasteiger partial charge in [0, 0.05) is 6.04 Å². The largest absolute Gasteiger partial charge is 0.489 e. The van der Waals surface area contributed by atoms with Gasteiger partial charge in [0.15, 0.2) is 0 Å². The van der Waals surface area contributed by atoms with Crippen molar-refractivity contribution >= 4 is 0 Å². The molecular formula is C19H25NO. The SMILES string of the molecule is C[C@H](N)c1ccc(OCc2ccc(C(C)(C)C)cc2)cc1. The molecule has 0 aliphatic carbocycles. The summed E-state index contributed by atoms with van der Waals surface area (Å²) in [4.78, 5) is 0. The third kappa shape index (κ3) is 4.33. The molecule has 0 spiro atoms. The molecule has 2 aromatic carbocycles. The van der Waals surface area contributed by atoms with Crippen LogP contribution in [0.4, 0.5) is 0 Å². The van der Waals surface area contributed by atoms with Crippen LogP contribution >= 0.6 is 0 Å². The summed E-state index contributed by atoms with van der Waals surface area (Å²) in [6, 6.07) is 16.7. The summed E-state index contributed by atoms with van der Waals surface area (Å²) in [5.74, 6) is 0.874. The van der Waals surface area contributed by atoms with Crippen LogP contribution in [0.25, 0.3) is 0 Å². The zero-order chi connectivity index (χ0) is 15.5. The fourth-order valence-corrected chi connectivity index (χ4v) is 2.14. The Morgan fingerprint density at radius 3 is 2.00 bits per heavy atom. The average molecular weight is 283 g/mol. The van der Waals surface area contributed by atoms with Crippen LogP contribution < -0.4 is 10.5 Å². The van der Waals surface area contributed by atoms with Gasteiger partial charge < -0.3 is 10.5 Å². The molecular weight excluding hydrogens is 258 g/mol. The Kier molecular flexibility index (Phi) is 4.69. The first-order valence-electron chi connectivity index (χ1n) is 7.44. The number of hydrogen-bond acceptors (Lipinski definition) is 2. The maximum absolute atomic E-state index is 5.84. The minimum atomic E-state index is 0.0593. The summed E-state index contributed by atoms with van der Waals surface area (Å²) >= 11 is 0. The van der Waals surface area contributed by atoms with E-state index in [1.807, 2.05) is 31.2 Å². The highest BCUT2D eigenvalue weighted by Crippen LogP contribution is 2.23. The summed E-state index contributed by atoms with van der Waals surface area (Å²) in [5, 5.41) is 0. The van der Waals surface area contributed by atoms with Gasteiger partial charge in [0.05, 0.1) is 0 Å². The third-order valence-electron chi connectivity index (χ3n) is 3.63. The first-order chi connectivity index (χ1) is 9.86. The number of rotatable bonds is 4. The van der Waals surface area contributed by atoms with Crippen molar-refractivity contribution in [1.29, 1.82) is 0 Å². The Bertz CT molecular complexity index is 562. The number of hydrogen-bond donors (Lipinski definition) is 1. The van der Waals surface area contributed by atoms with Gasteiger partial charge in [-0.1, -0.05) is 57.2 Å². The standard InChI is InChI=1S/C19H25NO/c1-14(20)16-7-11-18(12-8-16)21-13-15-5-9-17(10-6-15)19(2,3)4/h5-12,14H,13,20H2,1-4H3/t14-/m0/s1. The minimum Gasteiger partial charge on any atom is -0.489 e. The fraction of sp³-hybridized carbons (Fsp3) is 0.368. The Hall–Kier alpha value is -1.80. The topological polar surface area (TPSA) is 35.2 Å². The highest BCUT2D eigenvalue weighted by molar-refractivity contribution is 5.30. The van der Waals surface area contributed by atoms with E-state index in [-0.39, 0.29) is 11.5 Å². The lowest BCUT2D eigenvalue weighted by Crippen LogP contribution is -2.10. The average Bonchev–Trinajstić information content (AvgIpc) is 2.45. The normalized spacial score (nSPS) is 13.0. The van der Waals surface area contributed by atoms with E-state index in [1.54, 1.807) is 0 Å². The summed E-state index contributed by atoms with van der Waals surface area (Å²) in [6.45, 7) is 9.23. The Morgan fingerprint density at radius 1 is 0.952 bits per heavy atom. The van der Waals surface area contributed by atoms with Gasteiger partial charge >= 0.3 is 0 Å². The van der Waals surface area contributed by atoms with E-state index >= 15 is 0 Å². The smallest absolute Gasteiger partial charge is 0.119 e. The van der Waals surface area contributed by atoms with Gasteiger partial charge in [-0.25, -0.2) is 0 Å². The molecule has 0 unspecified atom stereocenters. The molecule has 2 aromatic rings. The van der Waals surface area contributed by atoms with Crippen molar-refractivity contribution in [2.45, 2.75) is 45.8 Å². The molecule has 0 heterocycles. The highest BCUT2D eigenvalue weighted by atomic mass is 16.5. The maximum atomic E-state index is 5.84. The quantitative estimate of drug-likeness (QED) is 0.891. The van der Waals surface area contributed by atoms with E-state index in [2.05, 4.69) is 45.0 Å². The van der Waals surface area contributed by atoms with Crippen molar-refractivity contribution < 1.29 is 4.74 Å². The van der Waals surface area contributed by atoms with Gasteiger partial charge in [0.2, 0.25) is 0 Å². The first-order valence-corrected chi connectivity index (χ1v) is 7.44. The third-order valence-corrected chi connectivity index (χ3v) is 3.63. The highest BCUT2D eigenvalue weighted by Gasteiger charge is 2.12. The van der Waals surface area contributed by atoms with Gasteiger partial charge in [-0.15, -0.1) is 0 Å². The molecule has 0 radical (unpaired) electrons. The molecule has 2 nitrogen and oxygen atoms in total. The van der Waals surface area contributed by atoms with E-state index in [0.29, 0.717) is 6.61 Å². The van der Waals surface area contributed by atoms with Crippen LogP contribution in [0.15, 0.2) is 48.5 Å². The van der Waals surface area contributed by atoms with E-state index in [9.17, 15) is 0 Å². The minimum absolute atomic E-state index is 0.0593. The predicted octanol–water partition coefficient (Wildman–Crippen LogP) is 4.58. The number of nitrogens with two attached hydrogens (primary N) is 1. The van der Waals surface area contributed by atoms with Gasteiger partial charge in [-0.3, -0.25) is 0 Å². The van der Waals surface area contributed by atoms with E-state index < -0.39 is 0 Å². The van der Waals surface area contributed by atoms with E-state index in [1.165, 1.54) is 11.1 Å². The molecule has 0 aromatic heterocycles. The summed E-state index contributed by atoms with van der Waals surface area (Å²) in [7, 11) is 0. The molecule has 2 N–H and O–H groups in total. The van der Waals surface area contributed by atoms with Crippen LogP contribution in [-0.4, -0.2) is 0 Å². The molecule has 2 heteroatoms. The van der Waals surface area contributed by atoms with Gasteiger partial charge in [-0.2, -0.15) is 0 Å². The number of ether oxygens (including phenoxy) is 1. The van der Waals surface area contributed by atoms with E-state index in [4.69, 9.17) is 10.5 Å². The maximum Gasteiger partial charge on any atom is 0.119 e. The van der Waals surface area contributed by atoms with Crippen molar-refractivity contribution in [3.8, 4) is 5.75 Å². The van der Waals surface area contributed by atoms with Crippen LogP contribution in [0.5, 0.6) is 5.75 Å². The van der Waals surface area contributed by atoms with Crippen molar-refractivity contribution in [1.82, 2.24) is 0 Å². The predicted molar refractivity (Wildman–Crippen MR) is 88.5 cm³/mol. The van der Waals surface area contributed by atoms with Crippen LogP contribution in [0.3, 0.4) is 0 Å². The Morgan fingerprint density at radius 2 is 1.52 bits per heavy atom. The summed E-state index contributed by atoms with van der Waals surface area (Å²) in [5.41, 5.74) is 9.67. The monoisotopic (exact) mass is 283 g/mol. The first kappa shape index (κ1) is 15.6. The van der Waals surface area contributed by atoms with Crippen LogP contribution in [-0.2, 0) is 12.0 Å². The zero-order valence-electron chi connectivity index (χ0n) is 13.4. The molecule has 0 saturated heterocycles. The van der Waals surface area contributed by atoms with Crippen LogP contribution in [0.2, 0.25) is 0 Å². The second-order valence-electron chi connectivity index (χ2n) is 6.59. The lowest BCUT2D eigenvalue weighted by molar-refractivity contribution is 0.306. The second kappa shape index (κ2) is 6.31. The molecule has 2 rings (SSSR count). The molecule has 21 heavy (non-hydrogen) atoms. The molecule has 0 fully saturated rings. The Labute approximate surface area is 127 Å². The summed E-state index contributed by atoms with van der Waals surface area (Å²) < 4.78 is 5.81. The molecule has 0 aliphatic heterocycles. The molecule has 0 amide bonds. The molecule has 0 saturated carbocycles. The fourth-order valence-electron chi connectivity index (χ4n) is 2.14.